The van der Waals surface area contributed by atoms with Crippen LogP contribution in [0.15, 0.2) is 6.20 Å². The van der Waals surface area contributed by atoms with Gasteiger partial charge in [-0.05, 0) is 0 Å². The van der Waals surface area contributed by atoms with Gasteiger partial charge >= 0.3 is 0 Å². The van der Waals surface area contributed by atoms with E-state index < -0.39 is 11.9 Å². The van der Waals surface area contributed by atoms with Gasteiger partial charge in [-0.2, -0.15) is 5.10 Å². The molecule has 0 aliphatic rings. The van der Waals surface area contributed by atoms with Crippen molar-refractivity contribution in [2.75, 3.05) is 18.9 Å². The maximum Gasteiger partial charge on any atom is 0.271 e. The van der Waals surface area contributed by atoms with Crippen molar-refractivity contribution in [3.05, 3.63) is 11.9 Å². The van der Waals surface area contributed by atoms with Gasteiger partial charge in [0.1, 0.15) is 5.69 Å². The molecule has 0 bridgehead atoms. The quantitative estimate of drug-likeness (QED) is 0.387. The molecule has 0 spiro atoms. The number of aliphatic hydroxyl groups excluding tert-OH is 2. The Bertz CT molecular complexity index is 308. The fraction of sp³-hybridized carbons (Fsp3) is 0.429. The van der Waals surface area contributed by atoms with Gasteiger partial charge in [0, 0.05) is 0 Å². The zero-order valence-electron chi connectivity index (χ0n) is 7.40. The van der Waals surface area contributed by atoms with Crippen LogP contribution in [-0.4, -0.2) is 45.6 Å². The number of aromatic nitrogens is 2. The van der Waals surface area contributed by atoms with Crippen molar-refractivity contribution in [1.82, 2.24) is 15.5 Å². The zero-order valence-corrected chi connectivity index (χ0v) is 7.40. The topological polar surface area (TPSA) is 124 Å². The molecule has 0 aliphatic heterocycles. The van der Waals surface area contributed by atoms with E-state index in [2.05, 4.69) is 15.5 Å². The van der Waals surface area contributed by atoms with E-state index in [4.69, 9.17) is 15.9 Å². The largest absolute Gasteiger partial charge is 0.396 e. The summed E-state index contributed by atoms with van der Waals surface area (Å²) in [5.74, 6) is -0.506. The number of rotatable bonds is 4. The van der Waals surface area contributed by atoms with Crippen LogP contribution in [0, 0.1) is 0 Å². The molecule has 7 nitrogen and oxygen atoms in total. The molecule has 0 saturated carbocycles. The number of amides is 1. The van der Waals surface area contributed by atoms with Crippen LogP contribution >= 0.6 is 0 Å². The van der Waals surface area contributed by atoms with Crippen LogP contribution in [0.2, 0.25) is 0 Å². The van der Waals surface area contributed by atoms with Gasteiger partial charge in [0.25, 0.3) is 5.91 Å². The molecule has 1 amide bonds. The van der Waals surface area contributed by atoms with E-state index in [9.17, 15) is 4.79 Å². The lowest BCUT2D eigenvalue weighted by Crippen LogP contribution is -2.40. The average molecular weight is 200 g/mol. The number of hydrogen-bond donors (Lipinski definition) is 5. The molecule has 7 heteroatoms. The van der Waals surface area contributed by atoms with Gasteiger partial charge in [-0.3, -0.25) is 9.89 Å². The van der Waals surface area contributed by atoms with Crippen molar-refractivity contribution in [2.45, 2.75) is 6.04 Å². The molecule has 0 aromatic carbocycles. The highest BCUT2D eigenvalue weighted by molar-refractivity contribution is 5.97. The summed E-state index contributed by atoms with van der Waals surface area (Å²) in [6.45, 7) is -0.674. The molecule has 0 radical (unpaired) electrons. The summed E-state index contributed by atoms with van der Waals surface area (Å²) in [4.78, 5) is 11.4. The van der Waals surface area contributed by atoms with Gasteiger partial charge in [-0.1, -0.05) is 0 Å². The Labute approximate surface area is 79.9 Å². The maximum atomic E-state index is 11.4. The van der Waals surface area contributed by atoms with Crippen molar-refractivity contribution < 1.29 is 15.0 Å². The summed E-state index contributed by atoms with van der Waals surface area (Å²) in [7, 11) is 0. The van der Waals surface area contributed by atoms with E-state index in [0.29, 0.717) is 0 Å². The molecule has 1 aromatic heterocycles. The molecule has 1 rings (SSSR count). The highest BCUT2D eigenvalue weighted by Gasteiger charge is 2.15. The number of carbonyl (C=O) groups excluding carboxylic acids is 1. The monoisotopic (exact) mass is 200 g/mol. The number of aliphatic hydroxyl groups is 2. The number of H-pyrrole nitrogens is 1. The molecule has 78 valence electrons. The normalized spacial score (nSPS) is 10.5. The zero-order chi connectivity index (χ0) is 10.6. The smallest absolute Gasteiger partial charge is 0.271 e. The first-order chi connectivity index (χ1) is 6.69. The van der Waals surface area contributed by atoms with E-state index in [1.807, 2.05) is 0 Å². The van der Waals surface area contributed by atoms with Gasteiger partial charge in [0.15, 0.2) is 0 Å². The van der Waals surface area contributed by atoms with Crippen LogP contribution in [-0.2, 0) is 0 Å². The lowest BCUT2D eigenvalue weighted by Gasteiger charge is -2.12. The summed E-state index contributed by atoms with van der Waals surface area (Å²) >= 11 is 0. The highest BCUT2D eigenvalue weighted by atomic mass is 16.3. The van der Waals surface area contributed by atoms with E-state index in [0.717, 1.165) is 0 Å². The molecular formula is C7H12N4O3. The van der Waals surface area contributed by atoms with Crippen molar-refractivity contribution in [3.63, 3.8) is 0 Å². The van der Waals surface area contributed by atoms with Crippen molar-refractivity contribution in [1.29, 1.82) is 0 Å². The van der Waals surface area contributed by atoms with Crippen molar-refractivity contribution >= 4 is 11.6 Å². The molecule has 1 aromatic rings. The van der Waals surface area contributed by atoms with Crippen molar-refractivity contribution in [3.8, 4) is 0 Å². The van der Waals surface area contributed by atoms with E-state index in [-0.39, 0.29) is 24.6 Å². The van der Waals surface area contributed by atoms with Crippen LogP contribution in [0.1, 0.15) is 10.5 Å². The molecule has 0 aliphatic carbocycles. The lowest BCUT2D eigenvalue weighted by molar-refractivity contribution is 0.0875. The summed E-state index contributed by atoms with van der Waals surface area (Å²) in [5.41, 5.74) is 5.76. The SMILES string of the molecule is Nc1cn[nH]c1C(=O)NC(CO)CO. The number of anilines is 1. The maximum absolute atomic E-state index is 11.4. The molecule has 0 saturated heterocycles. The van der Waals surface area contributed by atoms with Gasteiger partial charge in [-0.25, -0.2) is 0 Å². The van der Waals surface area contributed by atoms with Crippen LogP contribution in [0.3, 0.4) is 0 Å². The minimum Gasteiger partial charge on any atom is -0.396 e. The van der Waals surface area contributed by atoms with E-state index >= 15 is 0 Å². The summed E-state index contributed by atoms with van der Waals surface area (Å²) in [5, 5.41) is 25.8. The first-order valence-electron chi connectivity index (χ1n) is 4.00. The second-order valence-corrected chi connectivity index (χ2v) is 2.74. The number of nitrogens with zero attached hydrogens (tertiary/aromatic N) is 1. The number of carbonyl (C=O) groups is 1. The van der Waals surface area contributed by atoms with Crippen LogP contribution in [0.5, 0.6) is 0 Å². The van der Waals surface area contributed by atoms with Gasteiger partial charge in [-0.15, -0.1) is 0 Å². The van der Waals surface area contributed by atoms with E-state index in [1.165, 1.54) is 6.20 Å². The van der Waals surface area contributed by atoms with Crippen LogP contribution in [0.25, 0.3) is 0 Å². The third kappa shape index (κ3) is 2.21. The fourth-order valence-electron chi connectivity index (χ4n) is 0.884. The van der Waals surface area contributed by atoms with Crippen molar-refractivity contribution in [2.24, 2.45) is 0 Å². The standard InChI is InChI=1S/C7H12N4O3/c8-5-1-9-11-6(5)7(14)10-4(2-12)3-13/h1,4,12-13H,2-3,8H2,(H,9,11)(H,10,14). The van der Waals surface area contributed by atoms with Gasteiger partial charge in [0.05, 0.1) is 31.1 Å². The Morgan fingerprint density at radius 3 is 2.71 bits per heavy atom. The second-order valence-electron chi connectivity index (χ2n) is 2.74. The number of nitrogens with two attached hydrogens (primary N) is 1. The lowest BCUT2D eigenvalue weighted by atomic mass is 10.3. The number of hydrogen-bond acceptors (Lipinski definition) is 5. The Hall–Kier alpha value is -1.60. The third-order valence-electron chi connectivity index (χ3n) is 1.67. The van der Waals surface area contributed by atoms with Crippen LogP contribution < -0.4 is 11.1 Å². The molecule has 1 heterocycles. The Morgan fingerprint density at radius 2 is 2.29 bits per heavy atom. The predicted octanol–water partition coefficient (Wildman–Crippen LogP) is -1.93. The predicted molar refractivity (Wildman–Crippen MR) is 48.4 cm³/mol. The molecule has 0 atom stereocenters. The van der Waals surface area contributed by atoms with Gasteiger partial charge in [0.2, 0.25) is 0 Å². The van der Waals surface area contributed by atoms with Gasteiger partial charge < -0.3 is 21.3 Å². The Kier molecular flexibility index (Phi) is 3.43. The minimum atomic E-state index is -0.690. The summed E-state index contributed by atoms with van der Waals surface area (Å²) in [6, 6.07) is -0.690. The Morgan fingerprint density at radius 1 is 1.64 bits per heavy atom. The average Bonchev–Trinajstić information content (AvgIpc) is 2.60. The Balaban J connectivity index is 2.63. The molecule has 14 heavy (non-hydrogen) atoms. The highest BCUT2D eigenvalue weighted by Crippen LogP contribution is 2.05. The number of nitrogen functional groups attached to an aromatic ring is 1. The minimum absolute atomic E-state index is 0.122. The summed E-state index contributed by atoms with van der Waals surface area (Å²) in [6.07, 6.45) is 1.31. The molecule has 0 unspecified atom stereocenters. The second kappa shape index (κ2) is 4.58. The number of nitrogens with one attached hydrogen (secondary N) is 2. The fourth-order valence-corrected chi connectivity index (χ4v) is 0.884. The van der Waals surface area contributed by atoms with E-state index in [1.54, 1.807) is 0 Å². The first kappa shape index (κ1) is 10.5. The van der Waals surface area contributed by atoms with Crippen LogP contribution in [0.4, 0.5) is 5.69 Å². The summed E-state index contributed by atoms with van der Waals surface area (Å²) < 4.78 is 0. The number of aromatic amines is 1. The third-order valence-corrected chi connectivity index (χ3v) is 1.67. The molecule has 6 N–H and O–H groups in total. The molecular weight excluding hydrogens is 188 g/mol. The first-order valence-corrected chi connectivity index (χ1v) is 4.00. The molecule has 0 fully saturated rings.